The number of nitrogens with zero attached hydrogens (tertiary/aromatic N) is 2. The van der Waals surface area contributed by atoms with Crippen LogP contribution in [0, 0.1) is 5.41 Å². The van der Waals surface area contributed by atoms with Gasteiger partial charge in [0, 0.05) is 6.07 Å². The Morgan fingerprint density at radius 2 is 2.42 bits per heavy atom. The van der Waals surface area contributed by atoms with Crippen molar-refractivity contribution in [3.63, 3.8) is 0 Å². The smallest absolute Gasteiger partial charge is 0.217 e. The number of aromatic nitrogens is 2. The minimum Gasteiger partial charge on any atom is -0.478 e. The summed E-state index contributed by atoms with van der Waals surface area (Å²) in [4.78, 5) is 7.61. The van der Waals surface area contributed by atoms with Gasteiger partial charge in [0.25, 0.3) is 0 Å². The molecule has 12 heavy (non-hydrogen) atoms. The van der Waals surface area contributed by atoms with E-state index < -0.39 is 0 Å². The fourth-order valence-electron chi connectivity index (χ4n) is 0.714. The highest BCUT2D eigenvalue weighted by Crippen LogP contribution is 2.05. The highest BCUT2D eigenvalue weighted by atomic mass is 16.5. The lowest BCUT2D eigenvalue weighted by molar-refractivity contribution is 0.326. The Morgan fingerprint density at radius 1 is 1.67 bits per heavy atom. The zero-order chi connectivity index (χ0) is 8.97. The SMILES string of the molecule is CCOc1cc(C(=N)N)ncn1. The molecule has 0 aliphatic carbocycles. The number of nitrogen functional groups attached to an aromatic ring is 1. The van der Waals surface area contributed by atoms with E-state index in [1.165, 1.54) is 12.4 Å². The molecule has 0 radical (unpaired) electrons. The molecule has 0 bridgehead atoms. The molecule has 5 nitrogen and oxygen atoms in total. The van der Waals surface area contributed by atoms with E-state index >= 15 is 0 Å². The summed E-state index contributed by atoms with van der Waals surface area (Å²) < 4.78 is 5.09. The van der Waals surface area contributed by atoms with Crippen molar-refractivity contribution in [3.05, 3.63) is 18.1 Å². The van der Waals surface area contributed by atoms with Gasteiger partial charge in [-0.25, -0.2) is 9.97 Å². The van der Waals surface area contributed by atoms with Gasteiger partial charge in [0.1, 0.15) is 17.9 Å². The monoisotopic (exact) mass is 166 g/mol. The van der Waals surface area contributed by atoms with Gasteiger partial charge in [0.05, 0.1) is 6.61 Å². The van der Waals surface area contributed by atoms with Crippen LogP contribution in [-0.4, -0.2) is 22.4 Å². The molecule has 0 saturated heterocycles. The molecule has 0 aromatic carbocycles. The van der Waals surface area contributed by atoms with E-state index in [1.54, 1.807) is 0 Å². The van der Waals surface area contributed by atoms with Gasteiger partial charge in [-0.05, 0) is 6.92 Å². The lowest BCUT2D eigenvalue weighted by Gasteiger charge is -2.01. The highest BCUT2D eigenvalue weighted by molar-refractivity contribution is 5.93. The number of hydrogen-bond donors (Lipinski definition) is 2. The van der Waals surface area contributed by atoms with Crippen LogP contribution >= 0.6 is 0 Å². The Kier molecular flexibility index (Phi) is 2.57. The molecule has 64 valence electrons. The van der Waals surface area contributed by atoms with E-state index in [4.69, 9.17) is 15.9 Å². The van der Waals surface area contributed by atoms with Crippen molar-refractivity contribution in [1.29, 1.82) is 5.41 Å². The second-order valence-electron chi connectivity index (χ2n) is 2.09. The fourth-order valence-corrected chi connectivity index (χ4v) is 0.714. The standard InChI is InChI=1S/C7H10N4O/c1-2-12-6-3-5(7(8)9)10-4-11-6/h3-4H,2H2,1H3,(H3,8,9). The predicted octanol–water partition coefficient (Wildman–Crippen LogP) is 0.159. The summed E-state index contributed by atoms with van der Waals surface area (Å²) in [6.45, 7) is 2.39. The number of nitrogens with two attached hydrogens (primary N) is 1. The van der Waals surface area contributed by atoms with Crippen LogP contribution in [0.1, 0.15) is 12.6 Å². The van der Waals surface area contributed by atoms with Gasteiger partial charge >= 0.3 is 0 Å². The van der Waals surface area contributed by atoms with Gasteiger partial charge in [0.2, 0.25) is 5.88 Å². The molecular weight excluding hydrogens is 156 g/mol. The quantitative estimate of drug-likeness (QED) is 0.494. The van der Waals surface area contributed by atoms with Gasteiger partial charge in [-0.2, -0.15) is 0 Å². The molecule has 0 unspecified atom stereocenters. The van der Waals surface area contributed by atoms with E-state index in [9.17, 15) is 0 Å². The zero-order valence-electron chi connectivity index (χ0n) is 6.74. The molecule has 1 aromatic heterocycles. The number of hydrogen-bond acceptors (Lipinski definition) is 4. The molecular formula is C7H10N4O. The van der Waals surface area contributed by atoms with Gasteiger partial charge < -0.3 is 10.5 Å². The van der Waals surface area contributed by atoms with Crippen molar-refractivity contribution in [2.45, 2.75) is 6.92 Å². The Labute approximate surface area is 70.1 Å². The maximum atomic E-state index is 7.10. The van der Waals surface area contributed by atoms with Gasteiger partial charge in [-0.15, -0.1) is 0 Å². The Bertz CT molecular complexity index is 286. The van der Waals surface area contributed by atoms with Crippen molar-refractivity contribution in [1.82, 2.24) is 9.97 Å². The summed E-state index contributed by atoms with van der Waals surface area (Å²) in [7, 11) is 0. The van der Waals surface area contributed by atoms with Crippen molar-refractivity contribution in [2.75, 3.05) is 6.61 Å². The lowest BCUT2D eigenvalue weighted by atomic mass is 10.4. The van der Waals surface area contributed by atoms with Crippen LogP contribution in [0.15, 0.2) is 12.4 Å². The molecule has 0 aliphatic heterocycles. The third kappa shape index (κ3) is 1.91. The normalized spacial score (nSPS) is 9.42. The molecule has 0 aliphatic rings. The van der Waals surface area contributed by atoms with Crippen molar-refractivity contribution >= 4 is 5.84 Å². The van der Waals surface area contributed by atoms with Crippen LogP contribution in [0.4, 0.5) is 0 Å². The topological polar surface area (TPSA) is 84.9 Å². The second-order valence-corrected chi connectivity index (χ2v) is 2.09. The summed E-state index contributed by atoms with van der Waals surface area (Å²) in [5.74, 6) is 0.357. The Balaban J connectivity index is 2.88. The summed E-state index contributed by atoms with van der Waals surface area (Å²) in [5, 5.41) is 7.10. The van der Waals surface area contributed by atoms with Crippen LogP contribution in [-0.2, 0) is 0 Å². The first-order chi connectivity index (χ1) is 5.74. The van der Waals surface area contributed by atoms with Gasteiger partial charge in [-0.3, -0.25) is 5.41 Å². The molecule has 0 atom stereocenters. The molecule has 0 fully saturated rings. The van der Waals surface area contributed by atoms with E-state index in [1.807, 2.05) is 6.92 Å². The first-order valence-corrected chi connectivity index (χ1v) is 3.53. The largest absolute Gasteiger partial charge is 0.478 e. The molecule has 1 heterocycles. The maximum absolute atomic E-state index is 7.10. The molecule has 0 saturated carbocycles. The number of amidine groups is 1. The average Bonchev–Trinajstić information content (AvgIpc) is 2.05. The minimum absolute atomic E-state index is 0.0849. The summed E-state index contributed by atoms with van der Waals surface area (Å²) in [6.07, 6.45) is 1.32. The molecule has 0 amide bonds. The molecule has 3 N–H and O–H groups in total. The lowest BCUT2D eigenvalue weighted by Crippen LogP contribution is -2.13. The number of rotatable bonds is 3. The fraction of sp³-hybridized carbons (Fsp3) is 0.286. The van der Waals surface area contributed by atoms with Crippen LogP contribution < -0.4 is 10.5 Å². The summed E-state index contributed by atoms with van der Waals surface area (Å²) in [6, 6.07) is 1.53. The predicted molar refractivity (Wildman–Crippen MR) is 44.2 cm³/mol. The third-order valence-corrected chi connectivity index (χ3v) is 1.21. The molecule has 1 aromatic rings. The third-order valence-electron chi connectivity index (χ3n) is 1.21. The summed E-state index contributed by atoms with van der Waals surface area (Å²) in [5.41, 5.74) is 5.60. The average molecular weight is 166 g/mol. The maximum Gasteiger partial charge on any atom is 0.217 e. The van der Waals surface area contributed by atoms with Gasteiger partial charge in [0.15, 0.2) is 0 Å². The van der Waals surface area contributed by atoms with E-state index in [-0.39, 0.29) is 5.84 Å². The first kappa shape index (κ1) is 8.45. The molecule has 0 spiro atoms. The molecule has 1 rings (SSSR count). The van der Waals surface area contributed by atoms with Crippen molar-refractivity contribution < 1.29 is 4.74 Å². The van der Waals surface area contributed by atoms with E-state index in [0.717, 1.165) is 0 Å². The van der Waals surface area contributed by atoms with E-state index in [2.05, 4.69) is 9.97 Å². The van der Waals surface area contributed by atoms with Crippen LogP contribution in [0.5, 0.6) is 5.88 Å². The van der Waals surface area contributed by atoms with Crippen LogP contribution in [0.25, 0.3) is 0 Å². The first-order valence-electron chi connectivity index (χ1n) is 3.53. The summed E-state index contributed by atoms with van der Waals surface area (Å²) >= 11 is 0. The van der Waals surface area contributed by atoms with Crippen LogP contribution in [0.3, 0.4) is 0 Å². The Hall–Kier alpha value is -1.65. The second kappa shape index (κ2) is 3.66. The Morgan fingerprint density at radius 3 is 3.00 bits per heavy atom. The van der Waals surface area contributed by atoms with Crippen LogP contribution in [0.2, 0.25) is 0 Å². The molecule has 5 heteroatoms. The van der Waals surface area contributed by atoms with E-state index in [0.29, 0.717) is 18.2 Å². The number of nitrogens with one attached hydrogen (secondary N) is 1. The van der Waals surface area contributed by atoms with Crippen molar-refractivity contribution in [2.24, 2.45) is 5.73 Å². The zero-order valence-corrected chi connectivity index (χ0v) is 6.74. The highest BCUT2D eigenvalue weighted by Gasteiger charge is 2.00. The number of ether oxygens (including phenoxy) is 1. The van der Waals surface area contributed by atoms with Crippen molar-refractivity contribution in [3.8, 4) is 5.88 Å². The van der Waals surface area contributed by atoms with Gasteiger partial charge in [-0.1, -0.05) is 0 Å². The minimum atomic E-state index is -0.0849.